The minimum absolute atomic E-state index is 0.373. The van der Waals surface area contributed by atoms with Gasteiger partial charge in [-0.25, -0.2) is 4.79 Å². The molecule has 0 aromatic heterocycles. The first-order valence-electron chi connectivity index (χ1n) is 4.64. The zero-order chi connectivity index (χ0) is 10.4. The Labute approximate surface area is 83.3 Å². The molecule has 0 spiro atoms. The molecule has 0 bridgehead atoms. The number of hydrogen-bond acceptors (Lipinski definition) is 3. The van der Waals surface area contributed by atoms with Crippen LogP contribution in [0.1, 0.15) is 12.8 Å². The van der Waals surface area contributed by atoms with Crippen LogP contribution in [0, 0.1) is 0 Å². The van der Waals surface area contributed by atoms with E-state index in [9.17, 15) is 9.90 Å². The van der Waals surface area contributed by atoms with Crippen molar-refractivity contribution in [2.24, 2.45) is 0 Å². The Bertz CT molecular complexity index is 238. The molecule has 1 aliphatic carbocycles. The summed E-state index contributed by atoms with van der Waals surface area (Å²) in [5.74, 6) is 0. The van der Waals surface area contributed by atoms with E-state index in [2.05, 4.69) is 11.9 Å². The van der Waals surface area contributed by atoms with Crippen molar-refractivity contribution < 1.29 is 14.6 Å². The number of carbonyl (C=O) groups excluding carboxylic acids is 1. The summed E-state index contributed by atoms with van der Waals surface area (Å²) in [5, 5.41) is 11.9. The van der Waals surface area contributed by atoms with Gasteiger partial charge in [-0.2, -0.15) is 0 Å². The van der Waals surface area contributed by atoms with Gasteiger partial charge in [-0.3, -0.25) is 0 Å². The van der Waals surface area contributed by atoms with E-state index < -0.39 is 18.3 Å². The Balaban J connectivity index is 2.32. The van der Waals surface area contributed by atoms with Crippen molar-refractivity contribution in [1.82, 2.24) is 5.32 Å². The first-order chi connectivity index (χ1) is 6.74. The van der Waals surface area contributed by atoms with Crippen LogP contribution in [0.4, 0.5) is 4.79 Å². The molecule has 2 N–H and O–H groups in total. The maximum atomic E-state index is 11.1. The van der Waals surface area contributed by atoms with E-state index in [-0.39, 0.29) is 0 Å². The fourth-order valence-corrected chi connectivity index (χ4v) is 1.25. The summed E-state index contributed by atoms with van der Waals surface area (Å²) >= 11 is 0. The minimum atomic E-state index is -0.682. The van der Waals surface area contributed by atoms with Gasteiger partial charge in [-0.05, 0) is 12.8 Å². The minimum Gasteiger partial charge on any atom is -0.443 e. The van der Waals surface area contributed by atoms with E-state index in [4.69, 9.17) is 4.74 Å². The van der Waals surface area contributed by atoms with Crippen molar-refractivity contribution >= 4 is 6.09 Å². The quantitative estimate of drug-likeness (QED) is 0.663. The maximum absolute atomic E-state index is 11.1. The molecule has 4 nitrogen and oxygen atoms in total. The lowest BCUT2D eigenvalue weighted by molar-refractivity contribution is 0.0177. The third kappa shape index (κ3) is 3.22. The number of rotatable bonds is 3. The van der Waals surface area contributed by atoms with E-state index in [1.54, 1.807) is 12.2 Å². The summed E-state index contributed by atoms with van der Waals surface area (Å²) in [5.41, 5.74) is 0. The molecule has 0 saturated heterocycles. The van der Waals surface area contributed by atoms with Gasteiger partial charge in [0, 0.05) is 6.54 Å². The van der Waals surface area contributed by atoms with E-state index in [0.717, 1.165) is 6.42 Å². The van der Waals surface area contributed by atoms with Crippen molar-refractivity contribution in [2.45, 2.75) is 25.0 Å². The molecule has 0 aliphatic heterocycles. The number of allylic oxidation sites excluding steroid dienone is 1. The summed E-state index contributed by atoms with van der Waals surface area (Å²) in [6.45, 7) is 3.84. The molecule has 78 valence electrons. The van der Waals surface area contributed by atoms with Gasteiger partial charge in [0.05, 0.1) is 0 Å². The van der Waals surface area contributed by atoms with Crippen LogP contribution >= 0.6 is 0 Å². The largest absolute Gasteiger partial charge is 0.443 e. The van der Waals surface area contributed by atoms with Gasteiger partial charge >= 0.3 is 6.09 Å². The molecule has 0 aromatic rings. The number of nitrogens with one attached hydrogen (secondary N) is 1. The third-order valence-corrected chi connectivity index (χ3v) is 1.98. The molecule has 1 aliphatic rings. The Kier molecular flexibility index (Phi) is 4.19. The van der Waals surface area contributed by atoms with Crippen LogP contribution in [-0.4, -0.2) is 30.0 Å². The highest BCUT2D eigenvalue weighted by atomic mass is 16.6. The topological polar surface area (TPSA) is 58.6 Å². The van der Waals surface area contributed by atoms with Crippen molar-refractivity contribution in [3.8, 4) is 0 Å². The fourth-order valence-electron chi connectivity index (χ4n) is 1.25. The van der Waals surface area contributed by atoms with Crippen molar-refractivity contribution in [3.63, 3.8) is 0 Å². The predicted octanol–water partition coefficient (Wildman–Crippen LogP) is 0.978. The zero-order valence-corrected chi connectivity index (χ0v) is 7.98. The highest BCUT2D eigenvalue weighted by Gasteiger charge is 2.22. The number of alkyl carbamates (subject to hydrolysis) is 1. The predicted molar refractivity (Wildman–Crippen MR) is 52.8 cm³/mol. The Morgan fingerprint density at radius 2 is 2.57 bits per heavy atom. The van der Waals surface area contributed by atoms with Gasteiger partial charge in [0.25, 0.3) is 0 Å². The monoisotopic (exact) mass is 197 g/mol. The van der Waals surface area contributed by atoms with Crippen LogP contribution in [-0.2, 0) is 4.74 Å². The summed E-state index contributed by atoms with van der Waals surface area (Å²) < 4.78 is 5.01. The van der Waals surface area contributed by atoms with Crippen LogP contribution in [0.3, 0.4) is 0 Å². The lowest BCUT2D eigenvalue weighted by atomic mass is 10.0. The van der Waals surface area contributed by atoms with Gasteiger partial charge in [-0.15, -0.1) is 6.58 Å². The van der Waals surface area contributed by atoms with Gasteiger partial charge in [0.2, 0.25) is 0 Å². The van der Waals surface area contributed by atoms with Crippen LogP contribution in [0.2, 0.25) is 0 Å². The van der Waals surface area contributed by atoms with Gasteiger partial charge in [0.15, 0.2) is 0 Å². The third-order valence-electron chi connectivity index (χ3n) is 1.98. The van der Waals surface area contributed by atoms with Gasteiger partial charge in [0.1, 0.15) is 12.2 Å². The van der Waals surface area contributed by atoms with Gasteiger partial charge in [-0.1, -0.05) is 18.2 Å². The standard InChI is InChI=1S/C10H15NO3/c1-2-7-11-10(13)14-9-6-4-3-5-8(9)12/h2-3,5,8-9,12H,1,4,6-7H2,(H,11,13)/t8-,9-/m0/s1. The van der Waals surface area contributed by atoms with Crippen LogP contribution in [0.25, 0.3) is 0 Å². The zero-order valence-electron chi connectivity index (χ0n) is 7.98. The van der Waals surface area contributed by atoms with Crippen molar-refractivity contribution in [3.05, 3.63) is 24.8 Å². The SMILES string of the molecule is C=CCNC(=O)O[C@H]1CCC=C[C@@H]1O. The molecule has 0 radical (unpaired) electrons. The fraction of sp³-hybridized carbons (Fsp3) is 0.500. The van der Waals surface area contributed by atoms with Crippen molar-refractivity contribution in [1.29, 1.82) is 0 Å². The lowest BCUT2D eigenvalue weighted by Crippen LogP contribution is -2.36. The van der Waals surface area contributed by atoms with E-state index in [1.807, 2.05) is 6.08 Å². The van der Waals surface area contributed by atoms with E-state index in [1.165, 1.54) is 0 Å². The maximum Gasteiger partial charge on any atom is 0.407 e. The van der Waals surface area contributed by atoms with E-state index in [0.29, 0.717) is 13.0 Å². The molecule has 0 aromatic carbocycles. The molecule has 4 heteroatoms. The molecule has 14 heavy (non-hydrogen) atoms. The van der Waals surface area contributed by atoms with Gasteiger partial charge < -0.3 is 15.2 Å². The average Bonchev–Trinajstić information content (AvgIpc) is 2.18. The van der Waals surface area contributed by atoms with Crippen LogP contribution in [0.15, 0.2) is 24.8 Å². The van der Waals surface area contributed by atoms with Crippen LogP contribution < -0.4 is 5.32 Å². The summed E-state index contributed by atoms with van der Waals surface area (Å²) in [4.78, 5) is 11.1. The lowest BCUT2D eigenvalue weighted by Gasteiger charge is -2.23. The summed E-state index contributed by atoms with van der Waals surface area (Å²) in [6.07, 6.45) is 4.97. The molecule has 0 unspecified atom stereocenters. The summed E-state index contributed by atoms with van der Waals surface area (Å²) in [6, 6.07) is 0. The van der Waals surface area contributed by atoms with Crippen molar-refractivity contribution in [2.75, 3.05) is 6.54 Å². The molecule has 1 rings (SSSR count). The Morgan fingerprint density at radius 3 is 3.21 bits per heavy atom. The normalized spacial score (nSPS) is 25.5. The molecule has 0 saturated carbocycles. The molecule has 2 atom stereocenters. The number of aliphatic hydroxyl groups excluding tert-OH is 1. The Morgan fingerprint density at radius 1 is 1.79 bits per heavy atom. The number of hydrogen-bond donors (Lipinski definition) is 2. The molecule has 0 heterocycles. The number of carbonyl (C=O) groups is 1. The highest BCUT2D eigenvalue weighted by molar-refractivity contribution is 5.67. The molecule has 0 fully saturated rings. The smallest absolute Gasteiger partial charge is 0.407 e. The Hall–Kier alpha value is -1.29. The first-order valence-corrected chi connectivity index (χ1v) is 4.64. The second kappa shape index (κ2) is 5.44. The van der Waals surface area contributed by atoms with E-state index >= 15 is 0 Å². The number of ether oxygens (including phenoxy) is 1. The summed E-state index contributed by atoms with van der Waals surface area (Å²) in [7, 11) is 0. The molecule has 1 amide bonds. The highest BCUT2D eigenvalue weighted by Crippen LogP contribution is 2.14. The second-order valence-corrected chi connectivity index (χ2v) is 3.11. The average molecular weight is 197 g/mol. The second-order valence-electron chi connectivity index (χ2n) is 3.11. The number of aliphatic hydroxyl groups is 1. The molecular weight excluding hydrogens is 182 g/mol. The number of amides is 1. The van der Waals surface area contributed by atoms with Crippen LogP contribution in [0.5, 0.6) is 0 Å². The molecular formula is C10H15NO3. The first kappa shape index (κ1) is 10.8.